The minimum Gasteiger partial charge on any atom is -0.508 e. The van der Waals surface area contributed by atoms with Crippen molar-refractivity contribution < 1.29 is 9.90 Å². The van der Waals surface area contributed by atoms with E-state index >= 15 is 0 Å². The molecule has 4 nitrogen and oxygen atoms in total. The molecule has 0 saturated carbocycles. The van der Waals surface area contributed by atoms with Crippen LogP contribution in [0, 0.1) is 0 Å². The first-order valence-electron chi connectivity index (χ1n) is 7.05. The summed E-state index contributed by atoms with van der Waals surface area (Å²) < 4.78 is 0. The maximum atomic E-state index is 11.6. The average molecular weight is 294 g/mol. The molecule has 0 bridgehead atoms. The second-order valence-corrected chi connectivity index (χ2v) is 4.75. The third kappa shape index (κ3) is 5.63. The fourth-order valence-corrected chi connectivity index (χ4v) is 1.85. The quantitative estimate of drug-likeness (QED) is 0.635. The molecule has 2 rings (SSSR count). The van der Waals surface area contributed by atoms with E-state index in [0.29, 0.717) is 12.8 Å². The van der Waals surface area contributed by atoms with Gasteiger partial charge in [0.25, 0.3) is 0 Å². The number of hydrazone groups is 1. The fourth-order valence-electron chi connectivity index (χ4n) is 1.85. The number of aromatic hydroxyl groups is 1. The Kier molecular flexibility index (Phi) is 5.93. The van der Waals surface area contributed by atoms with Gasteiger partial charge in [0.2, 0.25) is 5.91 Å². The molecule has 1 amide bonds. The molecule has 0 radical (unpaired) electrons. The van der Waals surface area contributed by atoms with Crippen LogP contribution in [0.3, 0.4) is 0 Å². The smallest absolute Gasteiger partial charge is 0.240 e. The van der Waals surface area contributed by atoms with Gasteiger partial charge in [-0.15, -0.1) is 0 Å². The maximum absolute atomic E-state index is 11.6. The summed E-state index contributed by atoms with van der Waals surface area (Å²) >= 11 is 0. The molecular formula is C18H18N2O2. The lowest BCUT2D eigenvalue weighted by Crippen LogP contribution is -2.17. The number of carbonyl (C=O) groups is 1. The molecule has 0 unspecified atom stereocenters. The summed E-state index contributed by atoms with van der Waals surface area (Å²) in [5, 5.41) is 13.0. The molecule has 0 spiro atoms. The number of benzene rings is 2. The van der Waals surface area contributed by atoms with Gasteiger partial charge in [0.1, 0.15) is 5.75 Å². The number of nitrogens with zero attached hydrogens (tertiary/aromatic N) is 1. The highest BCUT2D eigenvalue weighted by molar-refractivity contribution is 5.81. The third-order valence-corrected chi connectivity index (χ3v) is 3.02. The largest absolute Gasteiger partial charge is 0.508 e. The summed E-state index contributed by atoms with van der Waals surface area (Å²) in [5.74, 6) is 0.0837. The molecule has 0 aliphatic heterocycles. The number of carbonyl (C=O) groups excluding carboxylic acids is 1. The Morgan fingerprint density at radius 3 is 2.55 bits per heavy atom. The molecular weight excluding hydrogens is 276 g/mol. The molecule has 4 heteroatoms. The van der Waals surface area contributed by atoms with Crippen molar-refractivity contribution in [2.45, 2.75) is 12.8 Å². The molecule has 0 aromatic heterocycles. The number of amides is 1. The van der Waals surface area contributed by atoms with Gasteiger partial charge in [-0.25, -0.2) is 5.43 Å². The van der Waals surface area contributed by atoms with E-state index in [0.717, 1.165) is 11.1 Å². The van der Waals surface area contributed by atoms with Gasteiger partial charge in [-0.1, -0.05) is 48.5 Å². The number of hydrogen-bond donors (Lipinski definition) is 2. The highest BCUT2D eigenvalue weighted by atomic mass is 16.3. The summed E-state index contributed by atoms with van der Waals surface area (Å²) in [5.41, 5.74) is 4.56. The Morgan fingerprint density at radius 2 is 1.82 bits per heavy atom. The maximum Gasteiger partial charge on any atom is 0.240 e. The van der Waals surface area contributed by atoms with Crippen LogP contribution in [-0.4, -0.2) is 17.2 Å². The standard InChI is InChI=1S/C18H18N2O2/c21-17-11-8-16(9-12-17)10-13-18(22)20-19-14-4-7-15-5-2-1-3-6-15/h1-9,11-12,14,21H,10,13H2,(H,20,22)/b7-4+,19-14-. The SMILES string of the molecule is O=C(CCc1ccc(O)cc1)N/N=C\C=C\c1ccccc1. The molecule has 0 aliphatic rings. The second-order valence-electron chi connectivity index (χ2n) is 4.75. The predicted molar refractivity (Wildman–Crippen MR) is 88.5 cm³/mol. The fraction of sp³-hybridized carbons (Fsp3) is 0.111. The van der Waals surface area contributed by atoms with Crippen LogP contribution in [0.5, 0.6) is 5.75 Å². The van der Waals surface area contributed by atoms with Crippen LogP contribution >= 0.6 is 0 Å². The third-order valence-electron chi connectivity index (χ3n) is 3.02. The lowest BCUT2D eigenvalue weighted by molar-refractivity contribution is -0.121. The van der Waals surface area contributed by atoms with Gasteiger partial charge in [0, 0.05) is 12.6 Å². The van der Waals surface area contributed by atoms with Gasteiger partial charge in [0.05, 0.1) is 0 Å². The van der Waals surface area contributed by atoms with Gasteiger partial charge in [0.15, 0.2) is 0 Å². The van der Waals surface area contributed by atoms with Crippen molar-refractivity contribution in [3.63, 3.8) is 0 Å². The zero-order valence-corrected chi connectivity index (χ0v) is 12.1. The zero-order chi connectivity index (χ0) is 15.6. The summed E-state index contributed by atoms with van der Waals surface area (Å²) in [6.45, 7) is 0. The van der Waals surface area contributed by atoms with Crippen molar-refractivity contribution in [2.75, 3.05) is 0 Å². The normalized spacial score (nSPS) is 11.1. The highest BCUT2D eigenvalue weighted by Crippen LogP contribution is 2.10. The first kappa shape index (κ1) is 15.5. The van der Waals surface area contributed by atoms with E-state index in [2.05, 4.69) is 10.5 Å². The van der Waals surface area contributed by atoms with E-state index in [1.807, 2.05) is 36.4 Å². The number of hydrogen-bond acceptors (Lipinski definition) is 3. The molecule has 0 saturated heterocycles. The van der Waals surface area contributed by atoms with E-state index in [1.165, 1.54) is 0 Å². The summed E-state index contributed by atoms with van der Waals surface area (Å²) in [6, 6.07) is 16.7. The van der Waals surface area contributed by atoms with Crippen LogP contribution < -0.4 is 5.43 Å². The highest BCUT2D eigenvalue weighted by Gasteiger charge is 2.00. The van der Waals surface area contributed by atoms with Crippen molar-refractivity contribution in [1.82, 2.24) is 5.43 Å². The topological polar surface area (TPSA) is 61.7 Å². The van der Waals surface area contributed by atoms with Crippen LogP contribution in [0.4, 0.5) is 0 Å². The Morgan fingerprint density at radius 1 is 1.09 bits per heavy atom. The molecule has 112 valence electrons. The van der Waals surface area contributed by atoms with Crippen molar-refractivity contribution in [3.8, 4) is 5.75 Å². The first-order valence-corrected chi connectivity index (χ1v) is 7.05. The van der Waals surface area contributed by atoms with Crippen LogP contribution in [0.2, 0.25) is 0 Å². The molecule has 0 atom stereocenters. The van der Waals surface area contributed by atoms with Gasteiger partial charge in [-0.05, 0) is 35.8 Å². The van der Waals surface area contributed by atoms with Crippen LogP contribution in [0.25, 0.3) is 6.08 Å². The van der Waals surface area contributed by atoms with E-state index in [1.54, 1.807) is 36.6 Å². The predicted octanol–water partition coefficient (Wildman–Crippen LogP) is 3.14. The second kappa shape index (κ2) is 8.42. The lowest BCUT2D eigenvalue weighted by atomic mass is 10.1. The molecule has 0 fully saturated rings. The molecule has 2 N–H and O–H groups in total. The van der Waals surface area contributed by atoms with Gasteiger partial charge < -0.3 is 5.11 Å². The molecule has 2 aromatic rings. The van der Waals surface area contributed by atoms with E-state index in [4.69, 9.17) is 0 Å². The molecule has 0 aliphatic carbocycles. The van der Waals surface area contributed by atoms with Crippen molar-refractivity contribution in [3.05, 3.63) is 71.8 Å². The van der Waals surface area contributed by atoms with Crippen molar-refractivity contribution in [2.24, 2.45) is 5.10 Å². The number of nitrogens with one attached hydrogen (secondary N) is 1. The Hall–Kier alpha value is -2.88. The number of phenolic OH excluding ortho intramolecular Hbond substituents is 1. The van der Waals surface area contributed by atoms with E-state index in [9.17, 15) is 9.90 Å². The van der Waals surface area contributed by atoms with Crippen molar-refractivity contribution >= 4 is 18.2 Å². The average Bonchev–Trinajstić information content (AvgIpc) is 2.55. The Balaban J connectivity index is 1.70. The number of rotatable bonds is 6. The monoisotopic (exact) mass is 294 g/mol. The minimum atomic E-state index is -0.141. The summed E-state index contributed by atoms with van der Waals surface area (Å²) in [4.78, 5) is 11.6. The number of phenols is 1. The number of allylic oxidation sites excluding steroid dienone is 1. The van der Waals surface area contributed by atoms with Crippen molar-refractivity contribution in [1.29, 1.82) is 0 Å². The van der Waals surface area contributed by atoms with E-state index in [-0.39, 0.29) is 11.7 Å². The van der Waals surface area contributed by atoms with Gasteiger partial charge in [-0.2, -0.15) is 5.10 Å². The number of aryl methyl sites for hydroxylation is 1. The van der Waals surface area contributed by atoms with E-state index < -0.39 is 0 Å². The van der Waals surface area contributed by atoms with Crippen LogP contribution in [-0.2, 0) is 11.2 Å². The molecule has 0 heterocycles. The van der Waals surface area contributed by atoms with Crippen LogP contribution in [0.15, 0.2) is 65.8 Å². The molecule has 2 aromatic carbocycles. The summed E-state index contributed by atoms with van der Waals surface area (Å²) in [7, 11) is 0. The lowest BCUT2D eigenvalue weighted by Gasteiger charge is -2.01. The first-order chi connectivity index (χ1) is 10.7. The summed E-state index contributed by atoms with van der Waals surface area (Å²) in [6.07, 6.45) is 6.19. The van der Waals surface area contributed by atoms with Crippen LogP contribution in [0.1, 0.15) is 17.5 Å². The molecule has 22 heavy (non-hydrogen) atoms. The van der Waals surface area contributed by atoms with Gasteiger partial charge >= 0.3 is 0 Å². The zero-order valence-electron chi connectivity index (χ0n) is 12.1. The Labute approximate surface area is 129 Å². The van der Waals surface area contributed by atoms with Gasteiger partial charge in [-0.3, -0.25) is 4.79 Å². The minimum absolute atomic E-state index is 0.141. The Bertz CT molecular complexity index is 647.